The first-order valence-electron chi connectivity index (χ1n) is 6.40. The second-order valence-electron chi connectivity index (χ2n) is 4.73. The van der Waals surface area contributed by atoms with E-state index >= 15 is 0 Å². The molecule has 0 radical (unpaired) electrons. The normalized spacial score (nSPS) is 11.5. The number of hydrogen-bond acceptors (Lipinski definition) is 4. The van der Waals surface area contributed by atoms with Crippen LogP contribution in [0.15, 0.2) is 33.8 Å². The average molecular weight is 287 g/mol. The maximum Gasteiger partial charge on any atom is 0.259 e. The topological polar surface area (TPSA) is 101 Å². The fourth-order valence-corrected chi connectivity index (χ4v) is 2.10. The number of aryl methyl sites for hydroxylation is 2. The molecular formula is C15H17N3O3. The molecule has 1 aromatic heterocycles. The van der Waals surface area contributed by atoms with Gasteiger partial charge in [0.15, 0.2) is 5.84 Å². The number of benzene rings is 1. The Morgan fingerprint density at radius 2 is 1.81 bits per heavy atom. The Labute approximate surface area is 122 Å². The van der Waals surface area contributed by atoms with Gasteiger partial charge in [-0.25, -0.2) is 0 Å². The van der Waals surface area contributed by atoms with Crippen molar-refractivity contribution < 1.29 is 14.4 Å². The molecule has 110 valence electrons. The fourth-order valence-electron chi connectivity index (χ4n) is 2.10. The van der Waals surface area contributed by atoms with Crippen LogP contribution in [0.25, 0.3) is 0 Å². The summed E-state index contributed by atoms with van der Waals surface area (Å²) in [7, 11) is 0. The van der Waals surface area contributed by atoms with Crippen molar-refractivity contribution in [2.24, 2.45) is 10.9 Å². The van der Waals surface area contributed by atoms with Gasteiger partial charge in [0.1, 0.15) is 11.5 Å². The van der Waals surface area contributed by atoms with Crippen molar-refractivity contribution >= 4 is 17.4 Å². The van der Waals surface area contributed by atoms with Gasteiger partial charge in [-0.3, -0.25) is 4.79 Å². The molecule has 2 rings (SSSR count). The molecule has 0 saturated heterocycles. The molecule has 0 atom stereocenters. The van der Waals surface area contributed by atoms with Gasteiger partial charge in [-0.2, -0.15) is 0 Å². The number of amides is 1. The van der Waals surface area contributed by atoms with Crippen LogP contribution >= 0.6 is 0 Å². The van der Waals surface area contributed by atoms with Gasteiger partial charge < -0.3 is 20.7 Å². The maximum atomic E-state index is 12.3. The minimum absolute atomic E-state index is 0.0185. The lowest BCUT2D eigenvalue weighted by molar-refractivity contribution is 0.102. The summed E-state index contributed by atoms with van der Waals surface area (Å²) < 4.78 is 5.45. The van der Waals surface area contributed by atoms with E-state index in [1.54, 1.807) is 31.2 Å². The Bertz CT molecular complexity index is 700. The van der Waals surface area contributed by atoms with Crippen LogP contribution in [0.4, 0.5) is 5.69 Å². The van der Waals surface area contributed by atoms with Gasteiger partial charge in [0.25, 0.3) is 5.91 Å². The van der Waals surface area contributed by atoms with Crippen LogP contribution in [-0.2, 0) is 0 Å². The Morgan fingerprint density at radius 1 is 1.19 bits per heavy atom. The number of anilines is 1. The molecule has 0 aliphatic rings. The molecule has 0 aliphatic carbocycles. The van der Waals surface area contributed by atoms with Gasteiger partial charge >= 0.3 is 0 Å². The van der Waals surface area contributed by atoms with Crippen molar-refractivity contribution in [2.75, 3.05) is 5.32 Å². The molecule has 0 spiro atoms. The Hall–Kier alpha value is -2.76. The number of carbonyl (C=O) groups excluding carboxylic acids is 1. The number of nitrogens with one attached hydrogen (secondary N) is 1. The van der Waals surface area contributed by atoms with Crippen LogP contribution in [-0.4, -0.2) is 17.0 Å². The molecule has 0 fully saturated rings. The highest BCUT2D eigenvalue weighted by Gasteiger charge is 2.18. The van der Waals surface area contributed by atoms with Crippen molar-refractivity contribution in [2.45, 2.75) is 20.8 Å². The number of amidine groups is 1. The first-order chi connectivity index (χ1) is 9.93. The number of nitrogens with zero attached hydrogens (tertiary/aromatic N) is 1. The molecule has 0 aliphatic heterocycles. The molecule has 6 nitrogen and oxygen atoms in total. The Balaban J connectivity index is 2.20. The summed E-state index contributed by atoms with van der Waals surface area (Å²) in [5.41, 5.74) is 8.05. The van der Waals surface area contributed by atoms with Gasteiger partial charge in [-0.15, -0.1) is 0 Å². The van der Waals surface area contributed by atoms with Gasteiger partial charge in [0.2, 0.25) is 0 Å². The molecule has 6 heteroatoms. The molecule has 0 saturated carbocycles. The number of rotatable bonds is 3. The number of carbonyl (C=O) groups is 1. The summed E-state index contributed by atoms with van der Waals surface area (Å²) >= 11 is 0. The van der Waals surface area contributed by atoms with Crippen molar-refractivity contribution in [1.82, 2.24) is 0 Å². The summed E-state index contributed by atoms with van der Waals surface area (Å²) in [4.78, 5) is 12.3. The summed E-state index contributed by atoms with van der Waals surface area (Å²) in [5.74, 6) is 1.12. The van der Waals surface area contributed by atoms with Crippen LogP contribution in [0.3, 0.4) is 0 Å². The average Bonchev–Trinajstić information content (AvgIpc) is 2.72. The zero-order chi connectivity index (χ0) is 15.6. The van der Waals surface area contributed by atoms with E-state index in [0.29, 0.717) is 22.6 Å². The number of hydrogen-bond donors (Lipinski definition) is 3. The molecule has 21 heavy (non-hydrogen) atoms. The van der Waals surface area contributed by atoms with Gasteiger partial charge in [0, 0.05) is 16.8 Å². The monoisotopic (exact) mass is 287 g/mol. The van der Waals surface area contributed by atoms with Gasteiger partial charge in [-0.1, -0.05) is 5.16 Å². The third-order valence-corrected chi connectivity index (χ3v) is 3.33. The van der Waals surface area contributed by atoms with Crippen LogP contribution in [0.1, 0.15) is 33.0 Å². The van der Waals surface area contributed by atoms with Gasteiger partial charge in [0.05, 0.1) is 5.56 Å². The first-order valence-corrected chi connectivity index (χ1v) is 6.40. The second kappa shape index (κ2) is 5.70. The van der Waals surface area contributed by atoms with Crippen molar-refractivity contribution in [1.29, 1.82) is 0 Å². The van der Waals surface area contributed by atoms with Crippen LogP contribution in [0.5, 0.6) is 0 Å². The minimum atomic E-state index is -0.224. The van der Waals surface area contributed by atoms with Crippen molar-refractivity contribution in [3.63, 3.8) is 0 Å². The largest absolute Gasteiger partial charge is 0.466 e. The minimum Gasteiger partial charge on any atom is -0.466 e. The molecule has 1 amide bonds. The summed E-state index contributed by atoms with van der Waals surface area (Å²) in [5, 5.41) is 14.3. The molecule has 0 bridgehead atoms. The standard InChI is InChI=1S/C15H17N3O3/c1-8-9(2)21-10(3)13(8)15(19)17-12-6-4-11(5-7-12)14(16)18-20/h4-7,20H,1-3H3,(H2,16,18)(H,17,19). The van der Waals surface area contributed by atoms with E-state index in [1.807, 2.05) is 13.8 Å². The van der Waals surface area contributed by atoms with Crippen molar-refractivity contribution in [3.05, 3.63) is 52.5 Å². The third-order valence-electron chi connectivity index (χ3n) is 3.33. The fraction of sp³-hybridized carbons (Fsp3) is 0.200. The lowest BCUT2D eigenvalue weighted by atomic mass is 10.1. The molecule has 4 N–H and O–H groups in total. The Morgan fingerprint density at radius 3 is 2.29 bits per heavy atom. The lowest BCUT2D eigenvalue weighted by Crippen LogP contribution is -2.15. The van der Waals surface area contributed by atoms with E-state index < -0.39 is 0 Å². The van der Waals surface area contributed by atoms with E-state index in [0.717, 1.165) is 11.3 Å². The Kier molecular flexibility index (Phi) is 3.98. The molecule has 1 heterocycles. The maximum absolute atomic E-state index is 12.3. The highest BCUT2D eigenvalue weighted by atomic mass is 16.4. The van der Waals surface area contributed by atoms with E-state index in [-0.39, 0.29) is 11.7 Å². The number of furan rings is 1. The van der Waals surface area contributed by atoms with E-state index in [4.69, 9.17) is 15.4 Å². The number of nitrogens with two attached hydrogens (primary N) is 1. The summed E-state index contributed by atoms with van der Waals surface area (Å²) in [6.07, 6.45) is 0. The van der Waals surface area contributed by atoms with Crippen LogP contribution < -0.4 is 11.1 Å². The first kappa shape index (κ1) is 14.6. The molecule has 0 unspecified atom stereocenters. The number of oxime groups is 1. The summed E-state index contributed by atoms with van der Waals surface area (Å²) in [6, 6.07) is 6.68. The molecular weight excluding hydrogens is 270 g/mol. The van der Waals surface area contributed by atoms with E-state index in [2.05, 4.69) is 10.5 Å². The smallest absolute Gasteiger partial charge is 0.259 e. The summed E-state index contributed by atoms with van der Waals surface area (Å²) in [6.45, 7) is 5.43. The lowest BCUT2D eigenvalue weighted by Gasteiger charge is -2.06. The zero-order valence-corrected chi connectivity index (χ0v) is 12.1. The highest BCUT2D eigenvalue weighted by Crippen LogP contribution is 2.22. The van der Waals surface area contributed by atoms with Crippen LogP contribution in [0, 0.1) is 20.8 Å². The van der Waals surface area contributed by atoms with Crippen LogP contribution in [0.2, 0.25) is 0 Å². The van der Waals surface area contributed by atoms with E-state index in [9.17, 15) is 4.79 Å². The molecule has 1 aromatic carbocycles. The highest BCUT2D eigenvalue weighted by molar-refractivity contribution is 6.06. The predicted octanol–water partition coefficient (Wildman–Crippen LogP) is 2.55. The molecule has 2 aromatic rings. The third kappa shape index (κ3) is 2.89. The SMILES string of the molecule is Cc1oc(C)c(C(=O)Nc2ccc(C(N)=NO)cc2)c1C. The van der Waals surface area contributed by atoms with Gasteiger partial charge in [-0.05, 0) is 45.0 Å². The van der Waals surface area contributed by atoms with E-state index in [1.165, 1.54) is 0 Å². The van der Waals surface area contributed by atoms with Crippen molar-refractivity contribution in [3.8, 4) is 0 Å². The quantitative estimate of drug-likeness (QED) is 0.349. The predicted molar refractivity (Wildman–Crippen MR) is 79.8 cm³/mol. The second-order valence-corrected chi connectivity index (χ2v) is 4.73. The zero-order valence-electron chi connectivity index (χ0n) is 12.1.